The molecular formula is C15H23N3. The zero-order valence-electron chi connectivity index (χ0n) is 11.8. The topological polar surface area (TPSA) is 41.6 Å². The van der Waals surface area contributed by atoms with E-state index in [-0.39, 0.29) is 0 Å². The van der Waals surface area contributed by atoms with Crippen LogP contribution in [-0.4, -0.2) is 23.9 Å². The Kier molecular flexibility index (Phi) is 3.60. The second-order valence-electron chi connectivity index (χ2n) is 5.62. The van der Waals surface area contributed by atoms with Gasteiger partial charge < -0.3 is 10.6 Å². The zero-order chi connectivity index (χ0) is 13.3. The predicted molar refractivity (Wildman–Crippen MR) is 76.7 cm³/mol. The number of aliphatic imine (C=N–C) groups is 1. The van der Waals surface area contributed by atoms with Gasteiger partial charge in [-0.3, -0.25) is 4.99 Å². The van der Waals surface area contributed by atoms with Gasteiger partial charge in [0.05, 0.1) is 12.6 Å². The monoisotopic (exact) mass is 245 g/mol. The molecular weight excluding hydrogens is 222 g/mol. The van der Waals surface area contributed by atoms with Gasteiger partial charge in [0, 0.05) is 6.54 Å². The summed E-state index contributed by atoms with van der Waals surface area (Å²) in [4.78, 5) is 6.65. The Labute approximate surface area is 110 Å². The first-order chi connectivity index (χ1) is 8.49. The normalized spacial score (nSPS) is 19.5. The van der Waals surface area contributed by atoms with Crippen molar-refractivity contribution in [3.8, 4) is 0 Å². The first-order valence-corrected chi connectivity index (χ1v) is 6.62. The van der Waals surface area contributed by atoms with Gasteiger partial charge in [-0.05, 0) is 30.9 Å². The molecule has 1 aromatic rings. The third-order valence-corrected chi connectivity index (χ3v) is 3.44. The molecule has 1 unspecified atom stereocenters. The van der Waals surface area contributed by atoms with E-state index < -0.39 is 0 Å². The first kappa shape index (κ1) is 12.9. The molecule has 3 heteroatoms. The SMILES string of the molecule is Cc1ccc(C2CN=C(N)N2CC(C)C)c(C)c1. The lowest BCUT2D eigenvalue weighted by Crippen LogP contribution is -2.38. The Balaban J connectivity index is 2.27. The maximum absolute atomic E-state index is 6.01. The van der Waals surface area contributed by atoms with Crippen LogP contribution in [-0.2, 0) is 0 Å². The van der Waals surface area contributed by atoms with Crippen LogP contribution in [0.1, 0.15) is 36.6 Å². The van der Waals surface area contributed by atoms with Crippen LogP contribution in [0.25, 0.3) is 0 Å². The minimum Gasteiger partial charge on any atom is -0.370 e. The molecule has 1 aliphatic rings. The van der Waals surface area contributed by atoms with Crippen molar-refractivity contribution in [1.29, 1.82) is 0 Å². The molecule has 18 heavy (non-hydrogen) atoms. The minimum atomic E-state index is 0.313. The van der Waals surface area contributed by atoms with Crippen LogP contribution in [0, 0.1) is 19.8 Å². The molecule has 3 nitrogen and oxygen atoms in total. The van der Waals surface area contributed by atoms with E-state index in [9.17, 15) is 0 Å². The van der Waals surface area contributed by atoms with Crippen molar-refractivity contribution >= 4 is 5.96 Å². The Morgan fingerprint density at radius 2 is 2.11 bits per heavy atom. The molecule has 0 saturated heterocycles. The van der Waals surface area contributed by atoms with Crippen LogP contribution < -0.4 is 5.73 Å². The highest BCUT2D eigenvalue weighted by Gasteiger charge is 2.28. The van der Waals surface area contributed by atoms with Crippen molar-refractivity contribution < 1.29 is 0 Å². The molecule has 1 heterocycles. The quantitative estimate of drug-likeness (QED) is 0.889. The largest absolute Gasteiger partial charge is 0.370 e. The van der Waals surface area contributed by atoms with Gasteiger partial charge >= 0.3 is 0 Å². The minimum absolute atomic E-state index is 0.313. The lowest BCUT2D eigenvalue weighted by Gasteiger charge is -2.29. The summed E-state index contributed by atoms with van der Waals surface area (Å²) in [6, 6.07) is 6.94. The van der Waals surface area contributed by atoms with E-state index in [1.165, 1.54) is 16.7 Å². The van der Waals surface area contributed by atoms with Gasteiger partial charge in [-0.25, -0.2) is 0 Å². The van der Waals surface area contributed by atoms with Crippen LogP contribution in [0.5, 0.6) is 0 Å². The molecule has 1 aromatic carbocycles. The number of rotatable bonds is 3. The van der Waals surface area contributed by atoms with Crippen molar-refractivity contribution in [2.75, 3.05) is 13.1 Å². The third-order valence-electron chi connectivity index (χ3n) is 3.44. The molecule has 0 fully saturated rings. The Hall–Kier alpha value is -1.51. The second-order valence-corrected chi connectivity index (χ2v) is 5.62. The van der Waals surface area contributed by atoms with Gasteiger partial charge in [-0.15, -0.1) is 0 Å². The highest BCUT2D eigenvalue weighted by Crippen LogP contribution is 2.29. The summed E-state index contributed by atoms with van der Waals surface area (Å²) in [5, 5.41) is 0. The van der Waals surface area contributed by atoms with Gasteiger partial charge in [-0.2, -0.15) is 0 Å². The molecule has 1 aliphatic heterocycles. The smallest absolute Gasteiger partial charge is 0.191 e. The van der Waals surface area contributed by atoms with E-state index in [0.717, 1.165) is 13.1 Å². The number of benzene rings is 1. The lowest BCUT2D eigenvalue weighted by molar-refractivity contribution is 0.308. The summed E-state index contributed by atoms with van der Waals surface area (Å²) < 4.78 is 0. The molecule has 0 aromatic heterocycles. The van der Waals surface area contributed by atoms with Crippen molar-refractivity contribution in [3.63, 3.8) is 0 Å². The fourth-order valence-corrected chi connectivity index (χ4v) is 2.61. The molecule has 0 spiro atoms. The van der Waals surface area contributed by atoms with E-state index >= 15 is 0 Å². The Bertz CT molecular complexity index is 463. The number of nitrogens with two attached hydrogens (primary N) is 1. The fourth-order valence-electron chi connectivity index (χ4n) is 2.61. The van der Waals surface area contributed by atoms with E-state index in [2.05, 4.69) is 55.8 Å². The average molecular weight is 245 g/mol. The van der Waals surface area contributed by atoms with Crippen molar-refractivity contribution in [3.05, 3.63) is 34.9 Å². The van der Waals surface area contributed by atoms with Gasteiger partial charge in [0.1, 0.15) is 0 Å². The highest BCUT2D eigenvalue weighted by molar-refractivity contribution is 5.80. The predicted octanol–water partition coefficient (Wildman–Crippen LogP) is 2.63. The molecule has 2 N–H and O–H groups in total. The summed E-state index contributed by atoms with van der Waals surface area (Å²) in [5.41, 5.74) is 10.00. The molecule has 0 radical (unpaired) electrons. The molecule has 1 atom stereocenters. The summed E-state index contributed by atoms with van der Waals surface area (Å²) in [5.74, 6) is 1.28. The van der Waals surface area contributed by atoms with E-state index in [1.54, 1.807) is 0 Å². The Morgan fingerprint density at radius 1 is 1.39 bits per heavy atom. The van der Waals surface area contributed by atoms with E-state index in [0.29, 0.717) is 17.9 Å². The zero-order valence-corrected chi connectivity index (χ0v) is 11.8. The van der Waals surface area contributed by atoms with E-state index in [1.807, 2.05) is 0 Å². The van der Waals surface area contributed by atoms with Crippen LogP contribution in [0.3, 0.4) is 0 Å². The van der Waals surface area contributed by atoms with Crippen molar-refractivity contribution in [2.24, 2.45) is 16.6 Å². The fraction of sp³-hybridized carbons (Fsp3) is 0.533. The van der Waals surface area contributed by atoms with Gasteiger partial charge in [0.2, 0.25) is 0 Å². The number of hydrogen-bond acceptors (Lipinski definition) is 3. The molecule has 98 valence electrons. The molecule has 0 amide bonds. The standard InChI is InChI=1S/C15H23N3/c1-10(2)9-18-14(8-17-15(18)16)13-6-5-11(3)7-12(13)4/h5-7,10,14H,8-9H2,1-4H3,(H2,16,17). The summed E-state index contributed by atoms with van der Waals surface area (Å²) in [6.45, 7) is 10.5. The number of guanidine groups is 1. The van der Waals surface area contributed by atoms with Crippen molar-refractivity contribution in [2.45, 2.75) is 33.7 Å². The number of nitrogens with zero attached hydrogens (tertiary/aromatic N) is 2. The number of hydrogen-bond donors (Lipinski definition) is 1. The first-order valence-electron chi connectivity index (χ1n) is 6.62. The molecule has 2 rings (SSSR count). The van der Waals surface area contributed by atoms with Crippen molar-refractivity contribution in [1.82, 2.24) is 4.90 Å². The van der Waals surface area contributed by atoms with Crippen LogP contribution in [0.4, 0.5) is 0 Å². The van der Waals surface area contributed by atoms with E-state index in [4.69, 9.17) is 5.73 Å². The van der Waals surface area contributed by atoms with Gasteiger partial charge in [-0.1, -0.05) is 37.6 Å². The molecule has 0 saturated carbocycles. The lowest BCUT2D eigenvalue weighted by atomic mass is 9.98. The number of aryl methyl sites for hydroxylation is 2. The Morgan fingerprint density at radius 3 is 2.72 bits per heavy atom. The molecule has 0 aliphatic carbocycles. The maximum atomic E-state index is 6.01. The summed E-state index contributed by atoms with van der Waals surface area (Å²) in [7, 11) is 0. The van der Waals surface area contributed by atoms with Crippen LogP contribution in [0.2, 0.25) is 0 Å². The van der Waals surface area contributed by atoms with Crippen LogP contribution >= 0.6 is 0 Å². The summed E-state index contributed by atoms with van der Waals surface area (Å²) >= 11 is 0. The molecule has 0 bridgehead atoms. The van der Waals surface area contributed by atoms with Crippen LogP contribution in [0.15, 0.2) is 23.2 Å². The average Bonchev–Trinajstić information content (AvgIpc) is 2.60. The maximum Gasteiger partial charge on any atom is 0.191 e. The highest BCUT2D eigenvalue weighted by atomic mass is 15.3. The van der Waals surface area contributed by atoms with Gasteiger partial charge in [0.25, 0.3) is 0 Å². The second kappa shape index (κ2) is 5.01. The summed E-state index contributed by atoms with van der Waals surface area (Å²) in [6.07, 6.45) is 0. The van der Waals surface area contributed by atoms with Gasteiger partial charge in [0.15, 0.2) is 5.96 Å². The third kappa shape index (κ3) is 2.50.